The number of hydrogen-bond acceptors (Lipinski definition) is 7. The fourth-order valence-corrected chi connectivity index (χ4v) is 6.00. The molecule has 13 heteroatoms. The second-order valence-electron chi connectivity index (χ2n) is 11.7. The number of hydrogen-bond donors (Lipinski definition) is 4. The summed E-state index contributed by atoms with van der Waals surface area (Å²) >= 11 is 0. The van der Waals surface area contributed by atoms with Gasteiger partial charge >= 0.3 is 6.29 Å². The van der Waals surface area contributed by atoms with Crippen LogP contribution >= 0.6 is 0 Å². The summed E-state index contributed by atoms with van der Waals surface area (Å²) in [4.78, 5) is 65.7. The van der Waals surface area contributed by atoms with Crippen LogP contribution in [-0.4, -0.2) is 54.3 Å². The van der Waals surface area contributed by atoms with Gasteiger partial charge in [-0.25, -0.2) is 0 Å². The zero-order chi connectivity index (χ0) is 32.0. The second kappa shape index (κ2) is 14.0. The fourth-order valence-electron chi connectivity index (χ4n) is 6.00. The van der Waals surface area contributed by atoms with E-state index in [1.807, 2.05) is 6.07 Å². The smallest absolute Gasteiger partial charge is 0.395 e. The molecule has 1 saturated heterocycles. The quantitative estimate of drug-likeness (QED) is 0.265. The third-order valence-electron chi connectivity index (χ3n) is 8.41. The monoisotopic (exact) mass is 626 g/mol. The van der Waals surface area contributed by atoms with Crippen LogP contribution in [0.15, 0.2) is 48.5 Å². The van der Waals surface area contributed by atoms with Crippen LogP contribution in [0.2, 0.25) is 0 Å². The molecule has 0 radical (unpaired) electrons. The summed E-state index contributed by atoms with van der Waals surface area (Å²) in [5.41, 5.74) is 0.740. The summed E-state index contributed by atoms with van der Waals surface area (Å²) in [5, 5.41) is 10.6. The Hall–Kier alpha value is -4.55. The number of carbonyl (C=O) groups excluding carboxylic acids is 5. The maximum Gasteiger partial charge on any atom is 0.586 e. The third kappa shape index (κ3) is 8.34. The van der Waals surface area contributed by atoms with Crippen molar-refractivity contribution in [2.45, 2.75) is 76.3 Å². The van der Waals surface area contributed by atoms with Crippen molar-refractivity contribution in [1.82, 2.24) is 21.3 Å². The molecule has 1 saturated carbocycles. The fraction of sp³-hybridized carbons (Fsp3) is 0.469. The molecule has 3 aliphatic rings. The molecule has 3 atom stereocenters. The molecule has 0 aromatic heterocycles. The van der Waals surface area contributed by atoms with Gasteiger partial charge in [-0.15, -0.1) is 8.78 Å². The molecule has 2 aliphatic heterocycles. The van der Waals surface area contributed by atoms with E-state index < -0.39 is 47.8 Å². The molecule has 45 heavy (non-hydrogen) atoms. The molecule has 2 aromatic carbocycles. The molecule has 0 spiro atoms. The highest BCUT2D eigenvalue weighted by Gasteiger charge is 2.44. The van der Waals surface area contributed by atoms with Crippen LogP contribution in [0.3, 0.4) is 0 Å². The minimum Gasteiger partial charge on any atom is -0.395 e. The van der Waals surface area contributed by atoms with Crippen LogP contribution in [0.4, 0.5) is 8.78 Å². The van der Waals surface area contributed by atoms with E-state index in [9.17, 15) is 32.8 Å². The summed E-state index contributed by atoms with van der Waals surface area (Å²) in [6.45, 7) is 0.512. The largest absolute Gasteiger partial charge is 0.586 e. The minimum absolute atomic E-state index is 0.0352. The summed E-state index contributed by atoms with van der Waals surface area (Å²) < 4.78 is 35.9. The lowest BCUT2D eigenvalue weighted by molar-refractivity contribution is -0.286. The van der Waals surface area contributed by atoms with Gasteiger partial charge in [-0.1, -0.05) is 62.4 Å². The van der Waals surface area contributed by atoms with Crippen LogP contribution in [0.1, 0.15) is 67.3 Å². The zero-order valence-corrected chi connectivity index (χ0v) is 24.6. The first-order valence-electron chi connectivity index (χ1n) is 15.2. The highest BCUT2D eigenvalue weighted by atomic mass is 19.3. The molecule has 0 bridgehead atoms. The molecular formula is C32H36F2N4O7. The number of halogens is 2. The number of amides is 4. The van der Waals surface area contributed by atoms with Crippen LogP contribution in [0.5, 0.6) is 11.5 Å². The molecule has 1 aliphatic carbocycles. The molecular weight excluding hydrogens is 590 g/mol. The normalized spacial score (nSPS) is 20.0. The summed E-state index contributed by atoms with van der Waals surface area (Å²) in [7, 11) is 0. The van der Waals surface area contributed by atoms with Gasteiger partial charge in [0.05, 0.1) is 6.04 Å². The Kier molecular flexibility index (Phi) is 9.94. The summed E-state index contributed by atoms with van der Waals surface area (Å²) in [6, 6.07) is 10.1. The Bertz CT molecular complexity index is 1430. The molecule has 240 valence electrons. The maximum absolute atomic E-state index is 13.8. The molecule has 4 amide bonds. The number of benzene rings is 2. The van der Waals surface area contributed by atoms with Crippen molar-refractivity contribution < 1.29 is 42.2 Å². The number of alkyl halides is 2. The topological polar surface area (TPSA) is 152 Å². The Labute approximate surface area is 258 Å². The predicted octanol–water partition coefficient (Wildman–Crippen LogP) is 2.97. The maximum atomic E-state index is 13.8. The minimum atomic E-state index is -3.86. The van der Waals surface area contributed by atoms with Gasteiger partial charge in [0.25, 0.3) is 11.8 Å². The van der Waals surface area contributed by atoms with Crippen molar-refractivity contribution in [1.29, 1.82) is 0 Å². The van der Waals surface area contributed by atoms with E-state index in [-0.39, 0.29) is 48.3 Å². The number of carbonyl (C=O) groups is 5. The van der Waals surface area contributed by atoms with E-state index in [0.29, 0.717) is 13.0 Å². The van der Waals surface area contributed by atoms with Gasteiger partial charge in [0, 0.05) is 24.6 Å². The summed E-state index contributed by atoms with van der Waals surface area (Å²) in [6.07, 6.45) is 1.49. The number of ketones is 1. The van der Waals surface area contributed by atoms with E-state index in [0.717, 1.165) is 43.7 Å². The van der Waals surface area contributed by atoms with E-state index in [1.165, 1.54) is 12.1 Å². The molecule has 5 rings (SSSR count). The van der Waals surface area contributed by atoms with Gasteiger partial charge in [0.2, 0.25) is 17.6 Å². The number of nitrogens with one attached hydrogen (secondary N) is 4. The first kappa shape index (κ1) is 31.9. The standard InChI is InChI=1S/C32H36F2N4O7/c33-32(34)44-25-12-11-21(17-26(25)45-32)29(41)38-24(15-19-7-3-1-4-8-19)30(42)37-23(16-22-13-14-35-28(22)40)27(39)31(43)36-18-20-9-5-2-6-10-20/h2,5-6,9-12,17,19,22-24H,1,3-4,7-8,13-16,18H2,(H,35,40)(H,36,43)(H,37,42)(H,38,41)/t22-,23-,24-/m0/s1. The lowest BCUT2D eigenvalue weighted by atomic mass is 9.84. The number of ether oxygens (including phenoxy) is 2. The number of fused-ring (bicyclic) bond motifs is 1. The lowest BCUT2D eigenvalue weighted by Crippen LogP contribution is -2.55. The Morgan fingerprint density at radius 1 is 0.889 bits per heavy atom. The highest BCUT2D eigenvalue weighted by Crippen LogP contribution is 2.41. The average molecular weight is 627 g/mol. The van der Waals surface area contributed by atoms with E-state index in [1.54, 1.807) is 24.3 Å². The molecule has 2 aromatic rings. The van der Waals surface area contributed by atoms with Crippen LogP contribution in [-0.2, 0) is 25.7 Å². The van der Waals surface area contributed by atoms with Crippen molar-refractivity contribution in [3.05, 3.63) is 59.7 Å². The van der Waals surface area contributed by atoms with Crippen molar-refractivity contribution in [2.24, 2.45) is 11.8 Å². The van der Waals surface area contributed by atoms with Gasteiger partial charge in [-0.3, -0.25) is 24.0 Å². The van der Waals surface area contributed by atoms with Gasteiger partial charge in [0.15, 0.2) is 11.5 Å². The van der Waals surface area contributed by atoms with Crippen molar-refractivity contribution in [3.63, 3.8) is 0 Å². The van der Waals surface area contributed by atoms with E-state index >= 15 is 0 Å². The van der Waals surface area contributed by atoms with Crippen molar-refractivity contribution in [2.75, 3.05) is 6.54 Å². The molecule has 0 unspecified atom stereocenters. The first-order valence-corrected chi connectivity index (χ1v) is 15.2. The highest BCUT2D eigenvalue weighted by molar-refractivity contribution is 6.38. The van der Waals surface area contributed by atoms with Gasteiger partial charge in [-0.2, -0.15) is 0 Å². The Morgan fingerprint density at radius 2 is 1.62 bits per heavy atom. The lowest BCUT2D eigenvalue weighted by Gasteiger charge is -2.28. The van der Waals surface area contributed by atoms with Crippen molar-refractivity contribution in [3.8, 4) is 11.5 Å². The second-order valence-corrected chi connectivity index (χ2v) is 11.7. The summed E-state index contributed by atoms with van der Waals surface area (Å²) in [5.74, 6) is -4.49. The van der Waals surface area contributed by atoms with E-state index in [2.05, 4.69) is 30.7 Å². The SMILES string of the molecule is O=C(NCc1ccccc1)C(=O)[C@H](C[C@@H]1CCNC1=O)NC(=O)[C@H](CC1CCCCC1)NC(=O)c1ccc2c(c1)OC(F)(F)O2. The van der Waals surface area contributed by atoms with Crippen LogP contribution in [0, 0.1) is 11.8 Å². The van der Waals surface area contributed by atoms with Gasteiger partial charge in [-0.05, 0) is 48.9 Å². The van der Waals surface area contributed by atoms with Crippen molar-refractivity contribution >= 4 is 29.4 Å². The molecule has 2 heterocycles. The number of rotatable bonds is 12. The van der Waals surface area contributed by atoms with Gasteiger partial charge in [0.1, 0.15) is 6.04 Å². The zero-order valence-electron chi connectivity index (χ0n) is 24.6. The average Bonchev–Trinajstić information content (AvgIpc) is 3.58. The predicted molar refractivity (Wildman–Crippen MR) is 156 cm³/mol. The number of Topliss-reactive ketones (excluding diaryl/α,β-unsaturated/α-hetero) is 1. The molecule has 4 N–H and O–H groups in total. The third-order valence-corrected chi connectivity index (χ3v) is 8.41. The molecule has 11 nitrogen and oxygen atoms in total. The van der Waals surface area contributed by atoms with Crippen LogP contribution < -0.4 is 30.7 Å². The molecule has 2 fully saturated rings. The van der Waals surface area contributed by atoms with Gasteiger partial charge < -0.3 is 30.7 Å². The van der Waals surface area contributed by atoms with E-state index in [4.69, 9.17) is 0 Å². The van der Waals surface area contributed by atoms with Crippen LogP contribution in [0.25, 0.3) is 0 Å². The first-order chi connectivity index (χ1) is 21.6. The Balaban J connectivity index is 1.31. The Morgan fingerprint density at radius 3 is 2.33 bits per heavy atom.